The smallest absolute Gasteiger partial charge is 0.227 e. The maximum atomic E-state index is 13.2. The lowest BCUT2D eigenvalue weighted by atomic mass is 9.86. The normalized spacial score (nSPS) is 21.8. The molecular weight excluding hydrogens is 366 g/mol. The zero-order valence-electron chi connectivity index (χ0n) is 15.9. The Morgan fingerprint density at radius 1 is 1.15 bits per heavy atom. The SMILES string of the molecule is COc1ccc(N(C(=O)CC2CCCCC2)[C@H]2C=CS(=O)(=O)C2)c(OC)c1. The summed E-state index contributed by atoms with van der Waals surface area (Å²) >= 11 is 0. The molecule has 0 bridgehead atoms. The topological polar surface area (TPSA) is 72.9 Å². The zero-order valence-corrected chi connectivity index (χ0v) is 16.7. The van der Waals surface area contributed by atoms with Crippen LogP contribution >= 0.6 is 0 Å². The van der Waals surface area contributed by atoms with Gasteiger partial charge in [-0.15, -0.1) is 0 Å². The summed E-state index contributed by atoms with van der Waals surface area (Å²) in [6.07, 6.45) is 7.67. The quantitative estimate of drug-likeness (QED) is 0.741. The summed E-state index contributed by atoms with van der Waals surface area (Å²) in [5, 5.41) is 1.20. The fourth-order valence-electron chi connectivity index (χ4n) is 3.94. The molecule has 1 heterocycles. The van der Waals surface area contributed by atoms with E-state index in [1.165, 1.54) is 18.9 Å². The summed E-state index contributed by atoms with van der Waals surface area (Å²) in [5.41, 5.74) is 0.575. The summed E-state index contributed by atoms with van der Waals surface area (Å²) in [6, 6.07) is 4.71. The van der Waals surface area contributed by atoms with Crippen molar-refractivity contribution in [3.63, 3.8) is 0 Å². The third kappa shape index (κ3) is 4.64. The molecular formula is C20H27NO5S. The van der Waals surface area contributed by atoms with Crippen molar-refractivity contribution in [1.82, 2.24) is 0 Å². The molecule has 0 N–H and O–H groups in total. The van der Waals surface area contributed by atoms with Crippen LogP contribution in [0.25, 0.3) is 0 Å². The van der Waals surface area contributed by atoms with Crippen molar-refractivity contribution >= 4 is 21.4 Å². The highest BCUT2D eigenvalue weighted by Crippen LogP contribution is 2.36. The van der Waals surface area contributed by atoms with E-state index >= 15 is 0 Å². The second-order valence-corrected chi connectivity index (χ2v) is 9.17. The van der Waals surface area contributed by atoms with Crippen LogP contribution in [-0.4, -0.2) is 40.3 Å². The molecule has 2 aliphatic rings. The molecule has 1 aliphatic carbocycles. The van der Waals surface area contributed by atoms with Gasteiger partial charge in [-0.3, -0.25) is 4.79 Å². The van der Waals surface area contributed by atoms with Gasteiger partial charge in [-0.05, 0) is 37.0 Å². The van der Waals surface area contributed by atoms with E-state index in [-0.39, 0.29) is 11.7 Å². The Morgan fingerprint density at radius 2 is 1.89 bits per heavy atom. The number of amides is 1. The maximum Gasteiger partial charge on any atom is 0.227 e. The van der Waals surface area contributed by atoms with Crippen LogP contribution in [0.3, 0.4) is 0 Å². The predicted octanol–water partition coefficient (Wildman–Crippen LogP) is 3.32. The molecule has 1 amide bonds. The van der Waals surface area contributed by atoms with E-state index in [1.54, 1.807) is 36.3 Å². The first-order chi connectivity index (χ1) is 12.9. The molecule has 1 atom stereocenters. The minimum absolute atomic E-state index is 0.0582. The van der Waals surface area contributed by atoms with Crippen molar-refractivity contribution in [2.45, 2.75) is 44.6 Å². The number of benzene rings is 1. The van der Waals surface area contributed by atoms with Gasteiger partial charge in [0.2, 0.25) is 5.91 Å². The van der Waals surface area contributed by atoms with Crippen molar-refractivity contribution in [2.75, 3.05) is 24.9 Å². The number of carbonyl (C=O) groups is 1. The van der Waals surface area contributed by atoms with Crippen LogP contribution in [0.4, 0.5) is 5.69 Å². The lowest BCUT2D eigenvalue weighted by molar-refractivity contribution is -0.120. The summed E-state index contributed by atoms with van der Waals surface area (Å²) < 4.78 is 34.6. The number of sulfone groups is 1. The zero-order chi connectivity index (χ0) is 19.4. The maximum absolute atomic E-state index is 13.2. The first kappa shape index (κ1) is 19.7. The second kappa shape index (κ2) is 8.33. The van der Waals surface area contributed by atoms with Gasteiger partial charge < -0.3 is 14.4 Å². The number of anilines is 1. The van der Waals surface area contributed by atoms with Gasteiger partial charge in [0.05, 0.1) is 31.7 Å². The Balaban J connectivity index is 1.92. The first-order valence-electron chi connectivity index (χ1n) is 9.38. The van der Waals surface area contributed by atoms with Crippen molar-refractivity contribution in [3.05, 3.63) is 29.7 Å². The highest BCUT2D eigenvalue weighted by molar-refractivity contribution is 7.94. The van der Waals surface area contributed by atoms with E-state index in [0.717, 1.165) is 25.7 Å². The Hall–Kier alpha value is -2.02. The largest absolute Gasteiger partial charge is 0.497 e. The van der Waals surface area contributed by atoms with Crippen LogP contribution in [0.2, 0.25) is 0 Å². The average Bonchev–Trinajstić information content (AvgIpc) is 3.02. The van der Waals surface area contributed by atoms with E-state index in [2.05, 4.69) is 0 Å². The lowest BCUT2D eigenvalue weighted by Gasteiger charge is -2.31. The number of methoxy groups -OCH3 is 2. The molecule has 1 aliphatic heterocycles. The molecule has 3 rings (SSSR count). The Bertz CT molecular complexity index is 812. The molecule has 1 aromatic carbocycles. The second-order valence-electron chi connectivity index (χ2n) is 7.24. The molecule has 7 heteroatoms. The molecule has 0 saturated heterocycles. The van der Waals surface area contributed by atoms with Gasteiger partial charge in [0.1, 0.15) is 11.5 Å². The number of carbonyl (C=O) groups excluding carboxylic acids is 1. The number of rotatable bonds is 6. The molecule has 1 saturated carbocycles. The standard InChI is InChI=1S/C20H27NO5S/c1-25-17-8-9-18(19(13-17)26-2)21(16-10-11-27(23,24)14-16)20(22)12-15-6-4-3-5-7-15/h8-11,13,15-16H,3-7,12,14H2,1-2H3/t16-/m0/s1. The van der Waals surface area contributed by atoms with E-state index < -0.39 is 15.9 Å². The van der Waals surface area contributed by atoms with Crippen LogP contribution in [0.1, 0.15) is 38.5 Å². The molecule has 6 nitrogen and oxygen atoms in total. The van der Waals surface area contributed by atoms with Crippen molar-refractivity contribution in [1.29, 1.82) is 0 Å². The fraction of sp³-hybridized carbons (Fsp3) is 0.550. The van der Waals surface area contributed by atoms with Crippen molar-refractivity contribution in [3.8, 4) is 11.5 Å². The van der Waals surface area contributed by atoms with Crippen LogP contribution in [0.5, 0.6) is 11.5 Å². The van der Waals surface area contributed by atoms with E-state index in [0.29, 0.717) is 29.5 Å². The Labute approximate surface area is 161 Å². The summed E-state index contributed by atoms with van der Waals surface area (Å²) in [7, 11) is -0.194. The fourth-order valence-corrected chi connectivity index (χ4v) is 5.21. The highest BCUT2D eigenvalue weighted by atomic mass is 32.2. The first-order valence-corrected chi connectivity index (χ1v) is 11.1. The van der Waals surface area contributed by atoms with E-state index in [1.807, 2.05) is 0 Å². The van der Waals surface area contributed by atoms with Gasteiger partial charge in [-0.2, -0.15) is 0 Å². The van der Waals surface area contributed by atoms with Crippen LogP contribution in [-0.2, 0) is 14.6 Å². The Morgan fingerprint density at radius 3 is 2.48 bits per heavy atom. The van der Waals surface area contributed by atoms with Crippen molar-refractivity contribution in [2.24, 2.45) is 5.92 Å². The van der Waals surface area contributed by atoms with E-state index in [4.69, 9.17) is 9.47 Å². The summed E-state index contributed by atoms with van der Waals surface area (Å²) in [5.74, 6) is 1.31. The van der Waals surface area contributed by atoms with Gasteiger partial charge >= 0.3 is 0 Å². The minimum Gasteiger partial charge on any atom is -0.497 e. The van der Waals surface area contributed by atoms with E-state index in [9.17, 15) is 13.2 Å². The molecule has 148 valence electrons. The van der Waals surface area contributed by atoms with Gasteiger partial charge in [0.15, 0.2) is 9.84 Å². The molecule has 0 spiro atoms. The number of hydrogen-bond acceptors (Lipinski definition) is 5. The predicted molar refractivity (Wildman–Crippen MR) is 105 cm³/mol. The molecule has 27 heavy (non-hydrogen) atoms. The molecule has 0 aromatic heterocycles. The number of nitrogens with zero attached hydrogens (tertiary/aromatic N) is 1. The third-order valence-corrected chi connectivity index (χ3v) is 6.72. The molecule has 0 unspecified atom stereocenters. The Kier molecular flexibility index (Phi) is 6.09. The van der Waals surface area contributed by atoms with Crippen LogP contribution < -0.4 is 14.4 Å². The van der Waals surface area contributed by atoms with Gasteiger partial charge in [0, 0.05) is 17.9 Å². The molecule has 0 radical (unpaired) electrons. The molecule has 1 fully saturated rings. The molecule has 1 aromatic rings. The average molecular weight is 394 g/mol. The van der Waals surface area contributed by atoms with Crippen molar-refractivity contribution < 1.29 is 22.7 Å². The van der Waals surface area contributed by atoms with Gasteiger partial charge in [0.25, 0.3) is 0 Å². The third-order valence-electron chi connectivity index (χ3n) is 5.35. The van der Waals surface area contributed by atoms with Gasteiger partial charge in [-0.25, -0.2) is 8.42 Å². The lowest BCUT2D eigenvalue weighted by Crippen LogP contribution is -2.42. The number of ether oxygens (including phenoxy) is 2. The highest BCUT2D eigenvalue weighted by Gasteiger charge is 2.34. The number of hydrogen-bond donors (Lipinski definition) is 0. The van der Waals surface area contributed by atoms with Gasteiger partial charge in [-0.1, -0.05) is 19.3 Å². The van der Waals surface area contributed by atoms with Crippen LogP contribution in [0, 0.1) is 5.92 Å². The summed E-state index contributed by atoms with van der Waals surface area (Å²) in [4.78, 5) is 14.8. The summed E-state index contributed by atoms with van der Waals surface area (Å²) in [6.45, 7) is 0. The monoisotopic (exact) mass is 393 g/mol. The van der Waals surface area contributed by atoms with Crippen LogP contribution in [0.15, 0.2) is 29.7 Å². The minimum atomic E-state index is -3.29.